The van der Waals surface area contributed by atoms with Gasteiger partial charge in [0.15, 0.2) is 0 Å². The van der Waals surface area contributed by atoms with E-state index in [1.165, 1.54) is 67.5 Å². The molecule has 3 aliphatic heterocycles. The van der Waals surface area contributed by atoms with Crippen LogP contribution in [0.4, 0.5) is 5.69 Å². The van der Waals surface area contributed by atoms with Gasteiger partial charge in [0.2, 0.25) is 12.3 Å². The Morgan fingerprint density at radius 3 is 2.66 bits per heavy atom. The second kappa shape index (κ2) is 11.6. The van der Waals surface area contributed by atoms with E-state index in [4.69, 9.17) is 4.98 Å². The van der Waals surface area contributed by atoms with Crippen LogP contribution >= 0.6 is 11.3 Å². The molecule has 3 aliphatic rings. The molecule has 2 amide bonds. The van der Waals surface area contributed by atoms with Gasteiger partial charge in [-0.15, -0.1) is 11.3 Å². The van der Waals surface area contributed by atoms with E-state index in [1.54, 1.807) is 18.6 Å². The largest absolute Gasteiger partial charge is 0.345 e. The third kappa shape index (κ3) is 5.86. The molecule has 6 heterocycles. The van der Waals surface area contributed by atoms with E-state index in [1.807, 2.05) is 16.2 Å². The molecule has 3 aromatic heterocycles. The van der Waals surface area contributed by atoms with Gasteiger partial charge in [0.1, 0.15) is 5.01 Å². The van der Waals surface area contributed by atoms with Crippen LogP contribution < -0.4 is 5.32 Å². The van der Waals surface area contributed by atoms with Gasteiger partial charge in [0.25, 0.3) is 0 Å². The number of aromatic nitrogens is 4. The number of likely N-dealkylation sites (tertiary alicyclic amines) is 1. The van der Waals surface area contributed by atoms with Crippen molar-refractivity contribution < 1.29 is 9.59 Å². The van der Waals surface area contributed by atoms with Crippen LogP contribution in [-0.4, -0.2) is 75.0 Å². The van der Waals surface area contributed by atoms with Crippen LogP contribution in [0.5, 0.6) is 0 Å². The normalized spacial score (nSPS) is 23.9. The van der Waals surface area contributed by atoms with Gasteiger partial charge in [-0.2, -0.15) is 5.10 Å². The Balaban J connectivity index is 0.000000121. The number of H-pyrrole nitrogens is 1. The molecule has 2 bridgehead atoms. The third-order valence-electron chi connectivity index (χ3n) is 7.59. The first-order chi connectivity index (χ1) is 18.5. The zero-order valence-corrected chi connectivity index (χ0v) is 22.8. The molecular formula is C28H35N7O2S. The summed E-state index contributed by atoms with van der Waals surface area (Å²) in [7, 11) is 0. The second-order valence-corrected chi connectivity index (χ2v) is 11.6. The number of aromatic amines is 1. The number of rotatable bonds is 3. The number of carbonyl (C=O) groups is 2. The highest BCUT2D eigenvalue weighted by molar-refractivity contribution is 7.18. The number of anilines is 1. The molecule has 1 atom stereocenters. The number of pyridine rings is 1. The summed E-state index contributed by atoms with van der Waals surface area (Å²) in [5.74, 6) is 0.591. The van der Waals surface area contributed by atoms with E-state index in [2.05, 4.69) is 56.6 Å². The number of benzene rings is 1. The molecule has 200 valence electrons. The maximum Gasteiger partial charge on any atom is 0.221 e. The molecule has 10 heteroatoms. The molecule has 0 saturated carbocycles. The Morgan fingerprint density at radius 2 is 2.00 bits per heavy atom. The summed E-state index contributed by atoms with van der Waals surface area (Å²) >= 11 is 1.91. The Kier molecular flexibility index (Phi) is 7.99. The molecule has 4 aromatic rings. The van der Waals surface area contributed by atoms with Gasteiger partial charge in [-0.05, 0) is 56.8 Å². The zero-order valence-electron chi connectivity index (χ0n) is 22.0. The first-order valence-corrected chi connectivity index (χ1v) is 14.1. The fraction of sp³-hybridized carbons (Fsp3) is 0.464. The van der Waals surface area contributed by atoms with Gasteiger partial charge < -0.3 is 15.1 Å². The topological polar surface area (TPSA) is 107 Å². The molecule has 0 aliphatic carbocycles. The highest BCUT2D eigenvalue weighted by atomic mass is 32.1. The number of hydrogen-bond donors (Lipinski definition) is 2. The van der Waals surface area contributed by atoms with Crippen molar-refractivity contribution in [1.29, 1.82) is 0 Å². The molecule has 3 fully saturated rings. The molecule has 2 N–H and O–H groups in total. The molecule has 0 spiro atoms. The summed E-state index contributed by atoms with van der Waals surface area (Å²) in [5, 5.41) is 11.6. The van der Waals surface area contributed by atoms with Crippen LogP contribution in [0.2, 0.25) is 0 Å². The number of fused-ring (bicyclic) bond motifs is 4. The Labute approximate surface area is 226 Å². The molecule has 1 aromatic carbocycles. The number of nitrogens with one attached hydrogen (secondary N) is 2. The number of hydrogen-bond acceptors (Lipinski definition) is 7. The first-order valence-electron chi connectivity index (χ1n) is 13.3. The average molecular weight is 534 g/mol. The smallest absolute Gasteiger partial charge is 0.221 e. The molecule has 7 rings (SSSR count). The lowest BCUT2D eigenvalue weighted by Gasteiger charge is -2.27. The fourth-order valence-corrected chi connectivity index (χ4v) is 6.78. The number of carbonyl (C=O) groups excluding carboxylic acids is 2. The van der Waals surface area contributed by atoms with Gasteiger partial charge >= 0.3 is 0 Å². The minimum atomic E-state index is -0.121. The molecule has 0 radical (unpaired) electrons. The minimum absolute atomic E-state index is 0.121. The highest BCUT2D eigenvalue weighted by Gasteiger charge is 2.46. The van der Waals surface area contributed by atoms with Crippen molar-refractivity contribution in [2.75, 3.05) is 38.0 Å². The summed E-state index contributed by atoms with van der Waals surface area (Å²) in [4.78, 5) is 34.3. The lowest BCUT2D eigenvalue weighted by molar-refractivity contribution is -0.119. The number of nitrogens with zero attached hydrogens (tertiary/aromatic N) is 5. The summed E-state index contributed by atoms with van der Waals surface area (Å²) < 4.78 is 1.34. The van der Waals surface area contributed by atoms with Crippen LogP contribution in [0.3, 0.4) is 0 Å². The van der Waals surface area contributed by atoms with Crippen molar-refractivity contribution in [2.45, 2.75) is 44.9 Å². The number of piperidine rings is 2. The molecule has 1 unspecified atom stereocenters. The van der Waals surface area contributed by atoms with Crippen molar-refractivity contribution >= 4 is 50.5 Å². The van der Waals surface area contributed by atoms with Crippen molar-refractivity contribution in [3.8, 4) is 0 Å². The van der Waals surface area contributed by atoms with E-state index in [0.717, 1.165) is 30.4 Å². The Hall–Kier alpha value is -3.37. The van der Waals surface area contributed by atoms with Crippen molar-refractivity contribution in [2.24, 2.45) is 5.92 Å². The minimum Gasteiger partial charge on any atom is -0.345 e. The van der Waals surface area contributed by atoms with E-state index in [-0.39, 0.29) is 5.91 Å². The molecular weight excluding hydrogens is 498 g/mol. The lowest BCUT2D eigenvalue weighted by atomic mass is 9.85. The van der Waals surface area contributed by atoms with Crippen LogP contribution in [0.1, 0.15) is 44.5 Å². The quantitative estimate of drug-likeness (QED) is 0.377. The summed E-state index contributed by atoms with van der Waals surface area (Å²) in [5.41, 5.74) is 3.04. The average Bonchev–Trinajstić information content (AvgIpc) is 3.73. The van der Waals surface area contributed by atoms with Crippen LogP contribution in [0.25, 0.3) is 21.1 Å². The van der Waals surface area contributed by atoms with Gasteiger partial charge in [-0.1, -0.05) is 19.1 Å². The molecule has 38 heavy (non-hydrogen) atoms. The van der Waals surface area contributed by atoms with Crippen LogP contribution in [0, 0.1) is 5.92 Å². The maximum atomic E-state index is 10.8. The Bertz CT molecular complexity index is 1360. The van der Waals surface area contributed by atoms with Crippen LogP contribution in [0.15, 0.2) is 42.9 Å². The third-order valence-corrected chi connectivity index (χ3v) is 8.87. The molecule has 3 saturated heterocycles. The van der Waals surface area contributed by atoms with Gasteiger partial charge in [0.05, 0.1) is 33.8 Å². The predicted molar refractivity (Wildman–Crippen MR) is 151 cm³/mol. The number of amides is 2. The summed E-state index contributed by atoms with van der Waals surface area (Å²) in [6, 6.07) is 8.51. The fourth-order valence-electron chi connectivity index (χ4n) is 5.58. The first kappa shape index (κ1) is 26.2. The van der Waals surface area contributed by atoms with Crippen LogP contribution in [-0.2, 0) is 15.0 Å². The van der Waals surface area contributed by atoms with E-state index >= 15 is 0 Å². The summed E-state index contributed by atoms with van der Waals surface area (Å²) in [6.07, 6.45) is 11.0. The van der Waals surface area contributed by atoms with Gasteiger partial charge in [0, 0.05) is 43.6 Å². The Morgan fingerprint density at radius 1 is 1.18 bits per heavy atom. The second-order valence-electron chi connectivity index (χ2n) is 10.6. The SMILES string of the molecule is CC(=O)Nc1cncc2cn[nH]c12.CC1CCCN(C=O)C1.c1ccc2sc(C34CCN(CC3)C4)nc2c1. The molecule has 9 nitrogen and oxygen atoms in total. The predicted octanol–water partition coefficient (Wildman–Crippen LogP) is 4.43. The number of para-hydroxylation sites is 1. The standard InChI is InChI=1S/C13H14N2S.C8H8N4O.C7H13NO/c1-2-4-11-10(3-1)14-12(16-11)13-5-7-15(9-13)8-6-13;1-5(13)11-7-4-9-2-6-3-10-12-8(6)7;1-7-3-2-4-8(5-7)6-9/h1-4H,5-9H2;2-4H,1H3,(H,10,12)(H,11,13);6-7H,2-5H2,1H3. The van der Waals surface area contributed by atoms with Gasteiger partial charge in [-0.3, -0.25) is 19.7 Å². The van der Waals surface area contributed by atoms with E-state index in [9.17, 15) is 9.59 Å². The maximum absolute atomic E-state index is 10.8. The van der Waals surface area contributed by atoms with E-state index in [0.29, 0.717) is 17.0 Å². The highest BCUT2D eigenvalue weighted by Crippen LogP contribution is 2.45. The van der Waals surface area contributed by atoms with Crippen molar-refractivity contribution in [3.05, 3.63) is 47.9 Å². The van der Waals surface area contributed by atoms with Gasteiger partial charge in [-0.25, -0.2) is 4.98 Å². The number of thiazole rings is 1. The van der Waals surface area contributed by atoms with Crippen molar-refractivity contribution in [1.82, 2.24) is 30.0 Å². The lowest BCUT2D eigenvalue weighted by Crippen LogP contribution is -2.32. The zero-order chi connectivity index (χ0) is 26.5. The van der Waals surface area contributed by atoms with E-state index < -0.39 is 0 Å². The monoisotopic (exact) mass is 533 g/mol. The summed E-state index contributed by atoms with van der Waals surface area (Å²) in [6.45, 7) is 9.36. The van der Waals surface area contributed by atoms with Crippen molar-refractivity contribution in [3.63, 3.8) is 0 Å².